The maximum Gasteiger partial charge on any atom is 0.324 e. The van der Waals surface area contributed by atoms with Crippen molar-refractivity contribution < 1.29 is 9.90 Å². The predicted molar refractivity (Wildman–Crippen MR) is 96.4 cm³/mol. The Kier molecular flexibility index (Phi) is 5.48. The molecule has 0 bridgehead atoms. The maximum atomic E-state index is 12.8. The average molecular weight is 345 g/mol. The first kappa shape index (κ1) is 16.9. The number of aliphatic hydroxyl groups excluding tert-OH is 1. The Labute approximate surface area is 146 Å². The van der Waals surface area contributed by atoms with Crippen LogP contribution in [0.4, 0.5) is 9.93 Å². The van der Waals surface area contributed by atoms with Crippen LogP contribution in [0.2, 0.25) is 0 Å². The number of carbonyl (C=O) groups excluding carboxylic acids is 1. The highest BCUT2D eigenvalue weighted by atomic mass is 32.1. The number of aromatic nitrogens is 1. The van der Waals surface area contributed by atoms with Crippen molar-refractivity contribution >= 4 is 22.5 Å². The van der Waals surface area contributed by atoms with Gasteiger partial charge in [-0.3, -0.25) is 5.32 Å². The quantitative estimate of drug-likeness (QED) is 0.870. The molecule has 24 heavy (non-hydrogen) atoms. The molecule has 2 amide bonds. The normalized spacial score (nSPS) is 16.5. The molecule has 1 aromatic heterocycles. The second kappa shape index (κ2) is 7.77. The van der Waals surface area contributed by atoms with Gasteiger partial charge in [-0.2, -0.15) is 0 Å². The number of benzene rings is 1. The second-order valence-corrected chi connectivity index (χ2v) is 7.05. The fourth-order valence-corrected chi connectivity index (χ4v) is 3.99. The first-order valence-electron chi connectivity index (χ1n) is 8.44. The lowest BCUT2D eigenvalue weighted by Gasteiger charge is -2.35. The van der Waals surface area contributed by atoms with Gasteiger partial charge in [-0.15, -0.1) is 11.3 Å². The molecule has 0 saturated carbocycles. The Bertz CT molecular complexity index is 701. The summed E-state index contributed by atoms with van der Waals surface area (Å²) in [5.41, 5.74) is 2.49. The first-order valence-corrected chi connectivity index (χ1v) is 9.25. The van der Waals surface area contributed by atoms with Gasteiger partial charge in [-0.25, -0.2) is 9.78 Å². The summed E-state index contributed by atoms with van der Waals surface area (Å²) in [6.07, 6.45) is 5.72. The molecule has 1 aromatic carbocycles. The number of nitrogens with one attached hydrogen (secondary N) is 1. The molecule has 1 aliphatic rings. The van der Waals surface area contributed by atoms with Crippen LogP contribution in [0.25, 0.3) is 0 Å². The van der Waals surface area contributed by atoms with Gasteiger partial charge in [0.1, 0.15) is 0 Å². The van der Waals surface area contributed by atoms with Gasteiger partial charge in [0.05, 0.1) is 12.6 Å². The molecule has 0 saturated heterocycles. The zero-order valence-electron chi connectivity index (χ0n) is 13.9. The van der Waals surface area contributed by atoms with Crippen molar-refractivity contribution in [2.75, 3.05) is 18.5 Å². The van der Waals surface area contributed by atoms with Crippen LogP contribution in [-0.4, -0.2) is 34.2 Å². The van der Waals surface area contributed by atoms with Crippen molar-refractivity contribution in [3.05, 3.63) is 46.5 Å². The highest BCUT2D eigenvalue weighted by molar-refractivity contribution is 7.15. The van der Waals surface area contributed by atoms with Gasteiger partial charge in [0.15, 0.2) is 5.13 Å². The average Bonchev–Trinajstić information content (AvgIpc) is 3.07. The van der Waals surface area contributed by atoms with Crippen LogP contribution in [-0.2, 0) is 12.8 Å². The summed E-state index contributed by atoms with van der Waals surface area (Å²) >= 11 is 1.50. The highest BCUT2D eigenvalue weighted by Gasteiger charge is 2.29. The molecular weight excluding hydrogens is 322 g/mol. The van der Waals surface area contributed by atoms with Crippen LogP contribution in [0.15, 0.2) is 30.5 Å². The van der Waals surface area contributed by atoms with Crippen molar-refractivity contribution in [1.82, 2.24) is 9.88 Å². The van der Waals surface area contributed by atoms with Crippen molar-refractivity contribution in [2.45, 2.75) is 38.6 Å². The Hall–Kier alpha value is -1.92. The first-order chi connectivity index (χ1) is 11.7. The van der Waals surface area contributed by atoms with Gasteiger partial charge in [-0.05, 0) is 36.8 Å². The van der Waals surface area contributed by atoms with Gasteiger partial charge in [0, 0.05) is 17.6 Å². The zero-order valence-corrected chi connectivity index (χ0v) is 14.7. The number of thiazole rings is 1. The third-order valence-electron chi connectivity index (χ3n) is 4.43. The number of anilines is 1. The molecule has 5 nitrogen and oxygen atoms in total. The predicted octanol–water partition coefficient (Wildman–Crippen LogP) is 3.61. The summed E-state index contributed by atoms with van der Waals surface area (Å²) in [6, 6.07) is 8.09. The number of carbonyl (C=O) groups is 1. The van der Waals surface area contributed by atoms with E-state index in [9.17, 15) is 9.90 Å². The summed E-state index contributed by atoms with van der Waals surface area (Å²) in [5, 5.41) is 12.9. The van der Waals surface area contributed by atoms with Crippen molar-refractivity contribution in [3.63, 3.8) is 0 Å². The third-order valence-corrected chi connectivity index (χ3v) is 5.49. The molecule has 128 valence electrons. The Morgan fingerprint density at radius 1 is 1.46 bits per heavy atom. The van der Waals surface area contributed by atoms with Crippen LogP contribution < -0.4 is 5.32 Å². The number of rotatable bonds is 5. The fraction of sp³-hybridized carbons (Fsp3) is 0.444. The van der Waals surface area contributed by atoms with Crippen molar-refractivity contribution in [3.8, 4) is 0 Å². The molecule has 0 spiro atoms. The minimum Gasteiger partial charge on any atom is -0.395 e. The minimum atomic E-state index is -0.192. The fourth-order valence-electron chi connectivity index (χ4n) is 3.25. The molecule has 1 heterocycles. The van der Waals surface area contributed by atoms with Crippen LogP contribution in [0.5, 0.6) is 0 Å². The van der Waals surface area contributed by atoms with E-state index >= 15 is 0 Å². The molecule has 2 N–H and O–H groups in total. The number of urea groups is 1. The lowest BCUT2D eigenvalue weighted by Crippen LogP contribution is -2.41. The summed E-state index contributed by atoms with van der Waals surface area (Å²) in [7, 11) is 0. The lowest BCUT2D eigenvalue weighted by molar-refractivity contribution is 0.155. The number of aryl methyl sites for hydroxylation is 2. The maximum absolute atomic E-state index is 12.8. The Morgan fingerprint density at radius 3 is 3.04 bits per heavy atom. The van der Waals surface area contributed by atoms with E-state index in [2.05, 4.69) is 29.4 Å². The van der Waals surface area contributed by atoms with Crippen LogP contribution in [0.3, 0.4) is 0 Å². The van der Waals surface area contributed by atoms with Gasteiger partial charge in [-0.1, -0.05) is 31.2 Å². The number of fused-ring (bicyclic) bond motifs is 1. The smallest absolute Gasteiger partial charge is 0.324 e. The largest absolute Gasteiger partial charge is 0.395 e. The van der Waals surface area contributed by atoms with Gasteiger partial charge in [0.2, 0.25) is 0 Å². The number of hydrogen-bond acceptors (Lipinski definition) is 4. The van der Waals surface area contributed by atoms with E-state index in [1.807, 2.05) is 12.1 Å². The van der Waals surface area contributed by atoms with Gasteiger partial charge >= 0.3 is 6.03 Å². The topological polar surface area (TPSA) is 65.5 Å². The highest BCUT2D eigenvalue weighted by Crippen LogP contribution is 2.34. The van der Waals surface area contributed by atoms with Crippen molar-refractivity contribution in [2.24, 2.45) is 0 Å². The molecule has 6 heteroatoms. The SMILES string of the molecule is CCc1cnc(NC(=O)N(CCO)C2CCCc3ccccc32)s1. The lowest BCUT2D eigenvalue weighted by atomic mass is 9.87. The molecule has 0 radical (unpaired) electrons. The van der Waals surface area contributed by atoms with E-state index in [0.29, 0.717) is 11.7 Å². The summed E-state index contributed by atoms with van der Waals surface area (Å²) in [5.74, 6) is 0. The summed E-state index contributed by atoms with van der Waals surface area (Å²) in [6.45, 7) is 2.33. The van der Waals surface area contributed by atoms with Gasteiger partial charge < -0.3 is 10.0 Å². The second-order valence-electron chi connectivity index (χ2n) is 5.94. The number of aliphatic hydroxyl groups is 1. The molecule has 1 unspecified atom stereocenters. The Morgan fingerprint density at radius 2 is 2.29 bits per heavy atom. The molecular formula is C18H23N3O2S. The van der Waals surface area contributed by atoms with E-state index in [1.165, 1.54) is 22.5 Å². The van der Waals surface area contributed by atoms with E-state index in [-0.39, 0.29) is 18.7 Å². The Balaban J connectivity index is 1.80. The minimum absolute atomic E-state index is 0.00714. The van der Waals surface area contributed by atoms with Crippen molar-refractivity contribution in [1.29, 1.82) is 0 Å². The van der Waals surface area contributed by atoms with E-state index in [1.54, 1.807) is 11.1 Å². The molecule has 0 fully saturated rings. The summed E-state index contributed by atoms with van der Waals surface area (Å²) in [4.78, 5) is 19.9. The van der Waals surface area contributed by atoms with E-state index < -0.39 is 0 Å². The molecule has 0 aliphatic heterocycles. The zero-order chi connectivity index (χ0) is 16.9. The number of nitrogens with zero attached hydrogens (tertiary/aromatic N) is 2. The molecule has 1 aliphatic carbocycles. The van der Waals surface area contributed by atoms with Crippen LogP contribution >= 0.6 is 11.3 Å². The summed E-state index contributed by atoms with van der Waals surface area (Å²) < 4.78 is 0. The van der Waals surface area contributed by atoms with Crippen LogP contribution in [0.1, 0.15) is 41.8 Å². The standard InChI is InChI=1S/C18H23N3O2S/c1-2-14-12-19-17(24-14)20-18(23)21(10-11-22)16-9-5-7-13-6-3-4-8-15(13)16/h3-4,6,8,12,16,22H,2,5,7,9-11H2,1H3,(H,19,20,23). The molecule has 3 rings (SSSR count). The van der Waals surface area contributed by atoms with Gasteiger partial charge in [0.25, 0.3) is 0 Å². The number of amides is 2. The van der Waals surface area contributed by atoms with E-state index in [4.69, 9.17) is 0 Å². The third kappa shape index (κ3) is 3.60. The monoisotopic (exact) mass is 345 g/mol. The number of hydrogen-bond donors (Lipinski definition) is 2. The molecule has 2 aromatic rings. The van der Waals surface area contributed by atoms with Crippen LogP contribution in [0, 0.1) is 0 Å². The van der Waals surface area contributed by atoms with E-state index in [0.717, 1.165) is 30.6 Å². The molecule has 1 atom stereocenters.